The first-order valence-corrected chi connectivity index (χ1v) is 7.94. The second kappa shape index (κ2) is 7.11. The molecule has 0 radical (unpaired) electrons. The molecule has 2 aromatic carbocycles. The van der Waals surface area contributed by atoms with Gasteiger partial charge in [0.25, 0.3) is 0 Å². The molecule has 24 heavy (non-hydrogen) atoms. The highest BCUT2D eigenvalue weighted by Gasteiger charge is 2.14. The normalized spacial score (nSPS) is 10.7. The van der Waals surface area contributed by atoms with E-state index in [1.807, 2.05) is 24.3 Å². The predicted octanol–water partition coefficient (Wildman–Crippen LogP) is 4.91. The number of nitrogens with zero attached hydrogens (tertiary/aromatic N) is 3. The maximum Gasteiger partial charge on any atom is 0.226 e. The monoisotopic (exact) mass is 362 g/mol. The lowest BCUT2D eigenvalue weighted by atomic mass is 10.2. The summed E-state index contributed by atoms with van der Waals surface area (Å²) in [5.74, 6) is 0.547. The van der Waals surface area contributed by atoms with Crippen LogP contribution in [0.2, 0.25) is 10.0 Å². The van der Waals surface area contributed by atoms with Crippen molar-refractivity contribution in [3.8, 4) is 11.4 Å². The third-order valence-electron chi connectivity index (χ3n) is 3.30. The Labute approximate surface area is 148 Å². The first-order valence-electron chi connectivity index (χ1n) is 7.18. The van der Waals surface area contributed by atoms with Gasteiger partial charge in [0.1, 0.15) is 11.6 Å². The molecule has 0 aliphatic heterocycles. The number of halogens is 3. The number of aryl methyl sites for hydroxylation is 1. The van der Waals surface area contributed by atoms with Crippen molar-refractivity contribution < 1.29 is 4.39 Å². The Balaban J connectivity index is 1.88. The van der Waals surface area contributed by atoms with E-state index in [0.29, 0.717) is 23.3 Å². The van der Waals surface area contributed by atoms with Gasteiger partial charge in [-0.25, -0.2) is 9.37 Å². The summed E-state index contributed by atoms with van der Waals surface area (Å²) in [6.07, 6.45) is 0. The quantitative estimate of drug-likeness (QED) is 0.716. The van der Waals surface area contributed by atoms with E-state index >= 15 is 0 Å². The van der Waals surface area contributed by atoms with Crippen LogP contribution in [0.1, 0.15) is 11.4 Å². The summed E-state index contributed by atoms with van der Waals surface area (Å²) in [5.41, 5.74) is 1.18. The Morgan fingerprint density at radius 1 is 1.00 bits per heavy atom. The average molecular weight is 363 g/mol. The summed E-state index contributed by atoms with van der Waals surface area (Å²) in [6.45, 7) is 2.22. The molecule has 4 nitrogen and oxygen atoms in total. The number of hydrogen-bond donors (Lipinski definition) is 1. The highest BCUT2D eigenvalue weighted by molar-refractivity contribution is 6.33. The van der Waals surface area contributed by atoms with Crippen LogP contribution in [0.5, 0.6) is 0 Å². The fourth-order valence-electron chi connectivity index (χ4n) is 2.17. The van der Waals surface area contributed by atoms with E-state index in [9.17, 15) is 4.39 Å². The Morgan fingerprint density at radius 3 is 2.46 bits per heavy atom. The van der Waals surface area contributed by atoms with Gasteiger partial charge in [0.15, 0.2) is 5.82 Å². The maximum absolute atomic E-state index is 14.1. The molecule has 0 saturated heterocycles. The van der Waals surface area contributed by atoms with Crippen LogP contribution >= 0.6 is 23.2 Å². The lowest BCUT2D eigenvalue weighted by Crippen LogP contribution is -2.07. The van der Waals surface area contributed by atoms with E-state index in [-0.39, 0.29) is 16.4 Å². The van der Waals surface area contributed by atoms with E-state index < -0.39 is 5.82 Å². The van der Waals surface area contributed by atoms with Crippen LogP contribution in [0, 0.1) is 12.7 Å². The lowest BCUT2D eigenvalue weighted by molar-refractivity contribution is 0.629. The zero-order valence-corrected chi connectivity index (χ0v) is 14.2. The topological polar surface area (TPSA) is 50.7 Å². The number of nitrogens with one attached hydrogen (secondary N) is 1. The van der Waals surface area contributed by atoms with Gasteiger partial charge >= 0.3 is 0 Å². The molecule has 0 bridgehead atoms. The van der Waals surface area contributed by atoms with Crippen molar-refractivity contribution in [2.24, 2.45) is 0 Å². The maximum atomic E-state index is 14.1. The molecule has 122 valence electrons. The number of anilines is 1. The fourth-order valence-corrected chi connectivity index (χ4v) is 2.54. The highest BCUT2D eigenvalue weighted by atomic mass is 35.5. The standard InChI is InChI=1S/C17H13Cl2FN4/c1-10-22-16(15-13(19)3-2-4-14(15)20)24-17(23-10)21-9-11-5-7-12(18)8-6-11/h2-8H,9H2,1H3,(H,21,22,23,24). The number of aromatic nitrogens is 3. The molecule has 0 fully saturated rings. The van der Waals surface area contributed by atoms with E-state index in [0.717, 1.165) is 5.56 Å². The summed E-state index contributed by atoms with van der Waals surface area (Å²) in [6, 6.07) is 11.9. The Hall–Kier alpha value is -2.24. The van der Waals surface area contributed by atoms with Gasteiger partial charge in [-0.2, -0.15) is 9.97 Å². The summed E-state index contributed by atoms with van der Waals surface area (Å²) in [4.78, 5) is 12.7. The molecule has 3 aromatic rings. The van der Waals surface area contributed by atoms with Gasteiger partial charge in [0.05, 0.1) is 10.6 Å². The molecule has 1 N–H and O–H groups in total. The lowest BCUT2D eigenvalue weighted by Gasteiger charge is -2.09. The first kappa shape index (κ1) is 16.6. The van der Waals surface area contributed by atoms with Gasteiger partial charge in [-0.3, -0.25) is 0 Å². The van der Waals surface area contributed by atoms with E-state index in [1.54, 1.807) is 13.0 Å². The van der Waals surface area contributed by atoms with Gasteiger partial charge in [0, 0.05) is 11.6 Å². The minimum absolute atomic E-state index is 0.166. The molecular weight excluding hydrogens is 350 g/mol. The Kier molecular flexibility index (Phi) is 4.92. The second-order valence-corrected chi connectivity index (χ2v) is 5.95. The van der Waals surface area contributed by atoms with Crippen molar-refractivity contribution in [2.45, 2.75) is 13.5 Å². The molecule has 0 unspecified atom stereocenters. The number of benzene rings is 2. The molecule has 1 heterocycles. The zero-order valence-electron chi connectivity index (χ0n) is 12.7. The molecule has 0 aliphatic carbocycles. The fraction of sp³-hybridized carbons (Fsp3) is 0.118. The third-order valence-corrected chi connectivity index (χ3v) is 3.86. The van der Waals surface area contributed by atoms with Crippen molar-refractivity contribution in [3.63, 3.8) is 0 Å². The van der Waals surface area contributed by atoms with E-state index in [1.165, 1.54) is 12.1 Å². The highest BCUT2D eigenvalue weighted by Crippen LogP contribution is 2.28. The van der Waals surface area contributed by atoms with Crippen molar-refractivity contribution in [3.05, 3.63) is 69.7 Å². The van der Waals surface area contributed by atoms with Crippen LogP contribution in [0.15, 0.2) is 42.5 Å². The summed E-state index contributed by atoms with van der Waals surface area (Å²) in [7, 11) is 0. The molecule has 1 aromatic heterocycles. The summed E-state index contributed by atoms with van der Waals surface area (Å²) in [5, 5.41) is 4.03. The summed E-state index contributed by atoms with van der Waals surface area (Å²) >= 11 is 11.9. The van der Waals surface area contributed by atoms with Gasteiger partial charge in [-0.15, -0.1) is 0 Å². The molecule has 3 rings (SSSR count). The van der Waals surface area contributed by atoms with Crippen molar-refractivity contribution >= 4 is 29.2 Å². The molecule has 0 aliphatic rings. The number of hydrogen-bond acceptors (Lipinski definition) is 4. The van der Waals surface area contributed by atoms with Gasteiger partial charge < -0.3 is 5.32 Å². The average Bonchev–Trinajstić information content (AvgIpc) is 2.54. The van der Waals surface area contributed by atoms with Gasteiger partial charge in [-0.1, -0.05) is 41.4 Å². The smallest absolute Gasteiger partial charge is 0.226 e. The second-order valence-electron chi connectivity index (χ2n) is 5.11. The Bertz CT molecular complexity index is 849. The van der Waals surface area contributed by atoms with Crippen LogP contribution < -0.4 is 5.32 Å². The van der Waals surface area contributed by atoms with Gasteiger partial charge in [0.2, 0.25) is 5.95 Å². The van der Waals surface area contributed by atoms with Crippen molar-refractivity contribution in [1.29, 1.82) is 0 Å². The molecule has 0 saturated carbocycles. The van der Waals surface area contributed by atoms with E-state index in [4.69, 9.17) is 23.2 Å². The van der Waals surface area contributed by atoms with Crippen LogP contribution in [0.4, 0.5) is 10.3 Å². The Morgan fingerprint density at radius 2 is 1.75 bits per heavy atom. The van der Waals surface area contributed by atoms with Crippen molar-refractivity contribution in [1.82, 2.24) is 15.0 Å². The SMILES string of the molecule is Cc1nc(NCc2ccc(Cl)cc2)nc(-c2c(F)cccc2Cl)n1. The zero-order chi connectivity index (χ0) is 17.1. The first-order chi connectivity index (χ1) is 11.5. The van der Waals surface area contributed by atoms with E-state index in [2.05, 4.69) is 20.3 Å². The van der Waals surface area contributed by atoms with Crippen LogP contribution in [0.3, 0.4) is 0 Å². The third kappa shape index (κ3) is 3.80. The minimum Gasteiger partial charge on any atom is -0.350 e. The molecular formula is C17H13Cl2FN4. The van der Waals surface area contributed by atoms with Gasteiger partial charge in [-0.05, 0) is 36.8 Å². The molecule has 0 amide bonds. The molecule has 7 heteroatoms. The largest absolute Gasteiger partial charge is 0.350 e. The van der Waals surface area contributed by atoms with Crippen LogP contribution in [0.25, 0.3) is 11.4 Å². The minimum atomic E-state index is -0.475. The van der Waals surface area contributed by atoms with Crippen LogP contribution in [-0.2, 0) is 6.54 Å². The number of rotatable bonds is 4. The molecule has 0 spiro atoms. The molecule has 0 atom stereocenters. The van der Waals surface area contributed by atoms with Crippen LogP contribution in [-0.4, -0.2) is 15.0 Å². The predicted molar refractivity (Wildman–Crippen MR) is 93.7 cm³/mol. The van der Waals surface area contributed by atoms with Crippen molar-refractivity contribution in [2.75, 3.05) is 5.32 Å². The summed E-state index contributed by atoms with van der Waals surface area (Å²) < 4.78 is 14.1.